The maximum absolute atomic E-state index is 12.3. The van der Waals surface area contributed by atoms with Crippen LogP contribution >= 0.6 is 11.8 Å². The van der Waals surface area contributed by atoms with E-state index in [9.17, 15) is 22.8 Å². The number of rotatable bonds is 6. The number of methoxy groups -OCH3 is 1. The highest BCUT2D eigenvalue weighted by atomic mass is 32.2. The Kier molecular flexibility index (Phi) is 7.38. The molecule has 2 amide bonds. The number of hydrogen-bond donors (Lipinski definition) is 2. The Morgan fingerprint density at radius 1 is 0.931 bits per heavy atom. The van der Waals surface area contributed by atoms with Gasteiger partial charge >= 0.3 is 5.51 Å². The van der Waals surface area contributed by atoms with Gasteiger partial charge in [0.1, 0.15) is 0 Å². The van der Waals surface area contributed by atoms with Crippen LogP contribution in [0.2, 0.25) is 0 Å². The van der Waals surface area contributed by atoms with Crippen LogP contribution in [0.3, 0.4) is 0 Å². The number of thioether (sulfide) groups is 1. The zero-order valence-corrected chi connectivity index (χ0v) is 16.6. The summed E-state index contributed by atoms with van der Waals surface area (Å²) in [5.74, 6) is -0.444. The van der Waals surface area contributed by atoms with E-state index in [0.29, 0.717) is 11.5 Å². The monoisotopic (exact) mass is 428 g/mol. The highest BCUT2D eigenvalue weighted by Gasteiger charge is 2.29. The number of nitrogens with one attached hydrogen (secondary N) is 2. The number of ether oxygens (including phenoxy) is 2. The van der Waals surface area contributed by atoms with E-state index >= 15 is 0 Å². The van der Waals surface area contributed by atoms with Gasteiger partial charge in [-0.25, -0.2) is 0 Å². The third-order valence-electron chi connectivity index (χ3n) is 3.43. The summed E-state index contributed by atoms with van der Waals surface area (Å²) in [7, 11) is 1.44. The normalized spacial score (nSPS) is 11.1. The Morgan fingerprint density at radius 3 is 2.00 bits per heavy atom. The Labute approximate surface area is 169 Å². The summed E-state index contributed by atoms with van der Waals surface area (Å²) in [6.45, 7) is 3.70. The maximum Gasteiger partial charge on any atom is 0.446 e. The number of amides is 2. The topological polar surface area (TPSA) is 76.7 Å². The average molecular weight is 428 g/mol. The standard InChI is InChI=1S/C19H19F3N2O4S/c1-11(2)28-15-9-6-13(10-16(15)27-3)18(26)24-23-17(25)12-4-7-14(8-5-12)29-19(20,21)22/h4-11H,1-3H3,(H,23,25)(H,24,26). The lowest BCUT2D eigenvalue weighted by Gasteiger charge is -2.14. The van der Waals surface area contributed by atoms with Gasteiger partial charge in [0, 0.05) is 16.0 Å². The van der Waals surface area contributed by atoms with E-state index in [1.807, 2.05) is 13.8 Å². The molecule has 0 heterocycles. The molecule has 0 radical (unpaired) electrons. The molecular weight excluding hydrogens is 409 g/mol. The Bertz CT molecular complexity index is 871. The largest absolute Gasteiger partial charge is 0.493 e. The summed E-state index contributed by atoms with van der Waals surface area (Å²) in [5.41, 5.74) is 0.353. The fourth-order valence-corrected chi connectivity index (χ4v) is 2.77. The fourth-order valence-electron chi connectivity index (χ4n) is 2.23. The Balaban J connectivity index is 1.98. The van der Waals surface area contributed by atoms with Crippen molar-refractivity contribution < 1.29 is 32.2 Å². The molecule has 156 valence electrons. The summed E-state index contributed by atoms with van der Waals surface area (Å²) in [4.78, 5) is 24.3. The molecule has 29 heavy (non-hydrogen) atoms. The van der Waals surface area contributed by atoms with Crippen LogP contribution in [0.25, 0.3) is 0 Å². The molecule has 0 aliphatic carbocycles. The van der Waals surface area contributed by atoms with Crippen molar-refractivity contribution >= 4 is 23.6 Å². The number of alkyl halides is 3. The van der Waals surface area contributed by atoms with Gasteiger partial charge in [0.05, 0.1) is 13.2 Å². The van der Waals surface area contributed by atoms with E-state index in [-0.39, 0.29) is 33.9 Å². The number of carbonyl (C=O) groups is 2. The maximum atomic E-state index is 12.3. The third-order valence-corrected chi connectivity index (χ3v) is 4.17. The average Bonchev–Trinajstić information content (AvgIpc) is 2.65. The number of carbonyl (C=O) groups excluding carboxylic acids is 2. The molecule has 0 unspecified atom stereocenters. The molecule has 2 N–H and O–H groups in total. The third kappa shape index (κ3) is 6.90. The summed E-state index contributed by atoms with van der Waals surface area (Å²) >= 11 is -0.279. The fraction of sp³-hybridized carbons (Fsp3) is 0.263. The lowest BCUT2D eigenvalue weighted by molar-refractivity contribution is -0.0328. The first-order chi connectivity index (χ1) is 13.6. The molecule has 0 saturated carbocycles. The van der Waals surface area contributed by atoms with E-state index in [4.69, 9.17) is 9.47 Å². The first-order valence-electron chi connectivity index (χ1n) is 8.40. The number of hydrazine groups is 1. The van der Waals surface area contributed by atoms with Crippen LogP contribution in [0.1, 0.15) is 34.6 Å². The second kappa shape index (κ2) is 9.55. The summed E-state index contributed by atoms with van der Waals surface area (Å²) in [6, 6.07) is 9.35. The van der Waals surface area contributed by atoms with E-state index in [1.165, 1.54) is 43.5 Å². The van der Waals surface area contributed by atoms with Crippen LogP contribution < -0.4 is 20.3 Å². The van der Waals surface area contributed by atoms with Gasteiger partial charge in [0.15, 0.2) is 11.5 Å². The van der Waals surface area contributed by atoms with Crippen molar-refractivity contribution in [3.05, 3.63) is 53.6 Å². The highest BCUT2D eigenvalue weighted by Crippen LogP contribution is 2.36. The second-order valence-corrected chi connectivity index (χ2v) is 7.15. The first-order valence-corrected chi connectivity index (χ1v) is 9.22. The van der Waals surface area contributed by atoms with E-state index in [0.717, 1.165) is 0 Å². The lowest BCUT2D eigenvalue weighted by atomic mass is 10.2. The van der Waals surface area contributed by atoms with Crippen molar-refractivity contribution in [2.75, 3.05) is 7.11 Å². The molecule has 6 nitrogen and oxygen atoms in total. The van der Waals surface area contributed by atoms with Crippen molar-refractivity contribution in [3.63, 3.8) is 0 Å². The molecule has 0 atom stereocenters. The molecule has 0 bridgehead atoms. The van der Waals surface area contributed by atoms with Gasteiger partial charge in [0.2, 0.25) is 0 Å². The predicted octanol–water partition coefficient (Wildman–Crippen LogP) is 4.17. The minimum atomic E-state index is -4.41. The smallest absolute Gasteiger partial charge is 0.446 e. The number of halogens is 3. The van der Waals surface area contributed by atoms with Gasteiger partial charge in [-0.1, -0.05) is 0 Å². The quantitative estimate of drug-likeness (QED) is 0.534. The van der Waals surface area contributed by atoms with Crippen molar-refractivity contribution in [2.45, 2.75) is 30.4 Å². The van der Waals surface area contributed by atoms with Crippen molar-refractivity contribution in [1.29, 1.82) is 0 Å². The molecule has 0 aliphatic rings. The highest BCUT2D eigenvalue weighted by molar-refractivity contribution is 8.00. The lowest BCUT2D eigenvalue weighted by Crippen LogP contribution is -2.41. The zero-order valence-electron chi connectivity index (χ0n) is 15.8. The molecule has 2 aromatic carbocycles. The zero-order chi connectivity index (χ0) is 21.6. The van der Waals surface area contributed by atoms with Crippen LogP contribution in [0.15, 0.2) is 47.4 Å². The van der Waals surface area contributed by atoms with Gasteiger partial charge in [-0.2, -0.15) is 13.2 Å². The Hall–Kier alpha value is -2.88. The van der Waals surface area contributed by atoms with Crippen LogP contribution in [0.5, 0.6) is 11.5 Å². The van der Waals surface area contributed by atoms with Crippen LogP contribution in [-0.2, 0) is 0 Å². The van der Waals surface area contributed by atoms with Gasteiger partial charge in [0.25, 0.3) is 11.8 Å². The first kappa shape index (κ1) is 22.4. The number of benzene rings is 2. The summed E-state index contributed by atoms with van der Waals surface area (Å²) < 4.78 is 47.8. The van der Waals surface area contributed by atoms with Crippen molar-refractivity contribution in [1.82, 2.24) is 10.9 Å². The molecule has 10 heteroatoms. The van der Waals surface area contributed by atoms with Crippen molar-refractivity contribution in [2.24, 2.45) is 0 Å². The predicted molar refractivity (Wildman–Crippen MR) is 102 cm³/mol. The molecule has 0 saturated heterocycles. The molecule has 0 fully saturated rings. The van der Waals surface area contributed by atoms with Crippen molar-refractivity contribution in [3.8, 4) is 11.5 Å². The van der Waals surface area contributed by atoms with E-state index in [2.05, 4.69) is 10.9 Å². The van der Waals surface area contributed by atoms with Crippen LogP contribution in [0.4, 0.5) is 13.2 Å². The molecule has 0 spiro atoms. The van der Waals surface area contributed by atoms with Gasteiger partial charge < -0.3 is 9.47 Å². The minimum Gasteiger partial charge on any atom is -0.493 e. The Morgan fingerprint density at radius 2 is 1.48 bits per heavy atom. The molecule has 2 rings (SSSR count). The van der Waals surface area contributed by atoms with E-state index < -0.39 is 17.3 Å². The van der Waals surface area contributed by atoms with Crippen LogP contribution in [0, 0.1) is 0 Å². The SMILES string of the molecule is COc1cc(C(=O)NNC(=O)c2ccc(SC(F)(F)F)cc2)ccc1OC(C)C. The minimum absolute atomic E-state index is 0.0473. The molecule has 0 aliphatic heterocycles. The second-order valence-electron chi connectivity index (χ2n) is 6.01. The molecule has 0 aromatic heterocycles. The summed E-state index contributed by atoms with van der Waals surface area (Å²) in [6.07, 6.45) is -0.0798. The summed E-state index contributed by atoms with van der Waals surface area (Å²) in [5, 5.41) is 0. The van der Waals surface area contributed by atoms with Gasteiger partial charge in [-0.15, -0.1) is 0 Å². The van der Waals surface area contributed by atoms with Gasteiger partial charge in [-0.3, -0.25) is 20.4 Å². The molecular formula is C19H19F3N2O4S. The van der Waals surface area contributed by atoms with E-state index in [1.54, 1.807) is 6.07 Å². The number of hydrogen-bond acceptors (Lipinski definition) is 5. The molecule has 2 aromatic rings. The van der Waals surface area contributed by atoms with Crippen LogP contribution in [-0.4, -0.2) is 30.5 Å². The van der Waals surface area contributed by atoms with Gasteiger partial charge in [-0.05, 0) is 68.1 Å².